The van der Waals surface area contributed by atoms with Crippen molar-refractivity contribution in [2.75, 3.05) is 0 Å². The Morgan fingerprint density at radius 3 is 2.60 bits per heavy atom. The molecule has 1 aromatic heterocycles. The molecule has 1 aromatic carbocycles. The number of benzene rings is 1. The number of pyridine rings is 1. The molecule has 0 fully saturated rings. The molecule has 132 valence electrons. The van der Waals surface area contributed by atoms with Crippen molar-refractivity contribution in [1.82, 2.24) is 15.6 Å². The van der Waals surface area contributed by atoms with Crippen molar-refractivity contribution in [2.24, 2.45) is 0 Å². The summed E-state index contributed by atoms with van der Waals surface area (Å²) < 4.78 is 0. The number of nitrogens with zero attached hydrogens (tertiary/aromatic N) is 1. The summed E-state index contributed by atoms with van der Waals surface area (Å²) in [5.74, 6) is -0.869. The molecule has 6 heteroatoms. The Morgan fingerprint density at radius 1 is 1.16 bits per heavy atom. The van der Waals surface area contributed by atoms with Gasteiger partial charge >= 0.3 is 12.0 Å². The molecule has 0 bridgehead atoms. The van der Waals surface area contributed by atoms with Crippen LogP contribution in [0.25, 0.3) is 0 Å². The summed E-state index contributed by atoms with van der Waals surface area (Å²) in [6.07, 6.45) is 4.45. The number of aromatic nitrogens is 1. The zero-order valence-corrected chi connectivity index (χ0v) is 14.2. The fourth-order valence-corrected chi connectivity index (χ4v) is 2.55. The highest BCUT2D eigenvalue weighted by Crippen LogP contribution is 2.08. The fraction of sp³-hybridized carbons (Fsp3) is 0.316. The standard InChI is InChI=1S/C19H23N3O3/c1-14-9-16(12-20-11-14)13-21-19(25)22-17(7-8-18(23)24)10-15-5-3-2-4-6-15/h2-6,9,11-12,17H,7-8,10,13H2,1H3,(H,23,24)(H2,21,22,25). The van der Waals surface area contributed by atoms with Gasteiger partial charge in [0.25, 0.3) is 0 Å². The number of aryl methyl sites for hydroxylation is 1. The average Bonchev–Trinajstić information content (AvgIpc) is 2.59. The monoisotopic (exact) mass is 341 g/mol. The van der Waals surface area contributed by atoms with E-state index >= 15 is 0 Å². The van der Waals surface area contributed by atoms with E-state index in [2.05, 4.69) is 15.6 Å². The Labute approximate surface area is 147 Å². The van der Waals surface area contributed by atoms with E-state index in [1.807, 2.05) is 43.3 Å². The molecule has 0 aliphatic rings. The number of rotatable bonds is 8. The minimum Gasteiger partial charge on any atom is -0.481 e. The fourth-order valence-electron chi connectivity index (χ4n) is 2.55. The molecule has 0 saturated heterocycles. The van der Waals surface area contributed by atoms with Gasteiger partial charge in [0.2, 0.25) is 0 Å². The maximum atomic E-state index is 12.2. The number of hydrogen-bond acceptors (Lipinski definition) is 3. The average molecular weight is 341 g/mol. The Bertz CT molecular complexity index is 704. The van der Waals surface area contributed by atoms with E-state index in [0.717, 1.165) is 16.7 Å². The van der Waals surface area contributed by atoms with Gasteiger partial charge in [-0.05, 0) is 36.5 Å². The van der Waals surface area contributed by atoms with Gasteiger partial charge in [-0.15, -0.1) is 0 Å². The lowest BCUT2D eigenvalue weighted by atomic mass is 10.0. The Kier molecular flexibility index (Phi) is 6.95. The molecule has 1 unspecified atom stereocenters. The predicted octanol–water partition coefficient (Wildman–Crippen LogP) is 2.67. The number of nitrogens with one attached hydrogen (secondary N) is 2. The third-order valence-electron chi connectivity index (χ3n) is 3.75. The van der Waals surface area contributed by atoms with Crippen LogP contribution < -0.4 is 10.6 Å². The molecule has 0 aliphatic carbocycles. The Balaban J connectivity index is 1.90. The van der Waals surface area contributed by atoms with Crippen molar-refractivity contribution in [3.05, 3.63) is 65.5 Å². The van der Waals surface area contributed by atoms with Crippen molar-refractivity contribution in [2.45, 2.75) is 38.8 Å². The van der Waals surface area contributed by atoms with Crippen LogP contribution in [-0.4, -0.2) is 28.1 Å². The zero-order valence-electron chi connectivity index (χ0n) is 14.2. The first-order valence-electron chi connectivity index (χ1n) is 8.23. The summed E-state index contributed by atoms with van der Waals surface area (Å²) in [5.41, 5.74) is 3.00. The lowest BCUT2D eigenvalue weighted by molar-refractivity contribution is -0.137. The van der Waals surface area contributed by atoms with Crippen LogP contribution in [0.1, 0.15) is 29.5 Å². The van der Waals surface area contributed by atoms with Gasteiger partial charge in [-0.1, -0.05) is 36.4 Å². The smallest absolute Gasteiger partial charge is 0.315 e. The highest BCUT2D eigenvalue weighted by atomic mass is 16.4. The van der Waals surface area contributed by atoms with E-state index in [1.54, 1.807) is 12.4 Å². The van der Waals surface area contributed by atoms with Gasteiger partial charge in [-0.2, -0.15) is 0 Å². The van der Waals surface area contributed by atoms with Crippen molar-refractivity contribution >= 4 is 12.0 Å². The quantitative estimate of drug-likeness (QED) is 0.688. The lowest BCUT2D eigenvalue weighted by Crippen LogP contribution is -2.43. The number of carbonyl (C=O) groups excluding carboxylic acids is 1. The van der Waals surface area contributed by atoms with Crippen LogP contribution in [0.15, 0.2) is 48.8 Å². The summed E-state index contributed by atoms with van der Waals surface area (Å²) in [6.45, 7) is 2.32. The van der Waals surface area contributed by atoms with E-state index in [1.165, 1.54) is 0 Å². The number of carboxylic acid groups (broad SMARTS) is 1. The van der Waals surface area contributed by atoms with Crippen molar-refractivity contribution in [3.8, 4) is 0 Å². The van der Waals surface area contributed by atoms with Crippen LogP contribution in [0, 0.1) is 6.92 Å². The first kappa shape index (κ1) is 18.4. The molecule has 3 N–H and O–H groups in total. The van der Waals surface area contributed by atoms with E-state index in [-0.39, 0.29) is 18.5 Å². The summed E-state index contributed by atoms with van der Waals surface area (Å²) in [6, 6.07) is 11.1. The maximum absolute atomic E-state index is 12.2. The second-order valence-corrected chi connectivity index (χ2v) is 6.02. The van der Waals surface area contributed by atoms with Crippen LogP contribution in [-0.2, 0) is 17.8 Å². The third kappa shape index (κ3) is 7.03. The van der Waals surface area contributed by atoms with Crippen molar-refractivity contribution < 1.29 is 14.7 Å². The molecule has 1 heterocycles. The van der Waals surface area contributed by atoms with Crippen LogP contribution in [0.2, 0.25) is 0 Å². The number of carboxylic acids is 1. The minimum absolute atomic E-state index is 0.0135. The number of aliphatic carboxylic acids is 1. The molecule has 25 heavy (non-hydrogen) atoms. The van der Waals surface area contributed by atoms with Gasteiger partial charge in [0.05, 0.1) is 0 Å². The predicted molar refractivity (Wildman–Crippen MR) is 95.1 cm³/mol. The van der Waals surface area contributed by atoms with Crippen molar-refractivity contribution in [3.63, 3.8) is 0 Å². The topological polar surface area (TPSA) is 91.3 Å². The summed E-state index contributed by atoms with van der Waals surface area (Å²) in [7, 11) is 0. The summed E-state index contributed by atoms with van der Waals surface area (Å²) >= 11 is 0. The van der Waals surface area contributed by atoms with Crippen LogP contribution in [0.4, 0.5) is 4.79 Å². The zero-order chi connectivity index (χ0) is 18.1. The van der Waals surface area contributed by atoms with Crippen LogP contribution in [0.5, 0.6) is 0 Å². The van der Waals surface area contributed by atoms with Gasteiger partial charge in [-0.3, -0.25) is 9.78 Å². The number of urea groups is 1. The molecule has 1 atom stereocenters. The molecule has 0 aliphatic heterocycles. The maximum Gasteiger partial charge on any atom is 0.315 e. The van der Waals surface area contributed by atoms with E-state index in [9.17, 15) is 9.59 Å². The van der Waals surface area contributed by atoms with Gasteiger partial charge in [0, 0.05) is 31.4 Å². The molecular formula is C19H23N3O3. The third-order valence-corrected chi connectivity index (χ3v) is 3.75. The number of carbonyl (C=O) groups is 2. The van der Waals surface area contributed by atoms with E-state index in [0.29, 0.717) is 19.4 Å². The first-order valence-corrected chi connectivity index (χ1v) is 8.23. The largest absolute Gasteiger partial charge is 0.481 e. The van der Waals surface area contributed by atoms with Gasteiger partial charge in [0.1, 0.15) is 0 Å². The molecule has 2 amide bonds. The van der Waals surface area contributed by atoms with Gasteiger partial charge < -0.3 is 15.7 Å². The van der Waals surface area contributed by atoms with Gasteiger partial charge in [0.15, 0.2) is 0 Å². The molecule has 0 spiro atoms. The second kappa shape index (κ2) is 9.42. The van der Waals surface area contributed by atoms with E-state index in [4.69, 9.17) is 5.11 Å². The van der Waals surface area contributed by atoms with E-state index < -0.39 is 5.97 Å². The lowest BCUT2D eigenvalue weighted by Gasteiger charge is -2.19. The number of hydrogen-bond donors (Lipinski definition) is 3. The Morgan fingerprint density at radius 2 is 1.92 bits per heavy atom. The summed E-state index contributed by atoms with van der Waals surface area (Å²) in [5, 5.41) is 14.6. The van der Waals surface area contributed by atoms with Crippen molar-refractivity contribution in [1.29, 1.82) is 0 Å². The molecule has 0 saturated carbocycles. The molecule has 2 aromatic rings. The van der Waals surface area contributed by atoms with Gasteiger partial charge in [-0.25, -0.2) is 4.79 Å². The molecule has 6 nitrogen and oxygen atoms in total. The SMILES string of the molecule is Cc1cncc(CNC(=O)NC(CCC(=O)O)Cc2ccccc2)c1. The molecule has 0 radical (unpaired) electrons. The van der Waals surface area contributed by atoms with Crippen LogP contribution >= 0.6 is 0 Å². The number of amides is 2. The highest BCUT2D eigenvalue weighted by Gasteiger charge is 2.14. The summed E-state index contributed by atoms with van der Waals surface area (Å²) in [4.78, 5) is 27.1. The second-order valence-electron chi connectivity index (χ2n) is 6.02. The minimum atomic E-state index is -0.869. The molecular weight excluding hydrogens is 318 g/mol. The Hall–Kier alpha value is -2.89. The first-order chi connectivity index (χ1) is 12.0. The van der Waals surface area contributed by atoms with Crippen LogP contribution in [0.3, 0.4) is 0 Å². The highest BCUT2D eigenvalue weighted by molar-refractivity contribution is 5.74. The molecule has 2 rings (SSSR count). The normalized spacial score (nSPS) is 11.6.